The van der Waals surface area contributed by atoms with Gasteiger partial charge in [0.05, 0.1) is 24.2 Å². The lowest BCUT2D eigenvalue weighted by Gasteiger charge is -2.20. The van der Waals surface area contributed by atoms with Gasteiger partial charge in [0.1, 0.15) is 5.76 Å². The maximum atomic E-state index is 13.3. The highest BCUT2D eigenvalue weighted by Crippen LogP contribution is 2.25. The van der Waals surface area contributed by atoms with Crippen LogP contribution in [0, 0.1) is 0 Å². The normalized spacial score (nSPS) is 11.1. The molecule has 3 aromatic heterocycles. The van der Waals surface area contributed by atoms with E-state index in [1.54, 1.807) is 29.6 Å². The largest absolute Gasteiger partial charge is 0.467 e. The van der Waals surface area contributed by atoms with Crippen LogP contribution in [0.15, 0.2) is 120 Å². The van der Waals surface area contributed by atoms with E-state index in [1.165, 1.54) is 0 Å². The fourth-order valence-electron chi connectivity index (χ4n) is 3.82. The standard InChI is InChI=1S/C29H24N4O2/c34-28(32(22-27-14-8-18-35-27)20-23-9-7-17-30-19-23)16-15-25-21-33(26-12-5-2-6-13-26)31-29(25)24-10-3-1-4-11-24/h1-19,21H,20,22H2/b16-15+. The minimum Gasteiger partial charge on any atom is -0.467 e. The molecule has 0 radical (unpaired) electrons. The van der Waals surface area contributed by atoms with Gasteiger partial charge in [0.2, 0.25) is 5.91 Å². The van der Waals surface area contributed by atoms with Crippen LogP contribution in [0.3, 0.4) is 0 Å². The predicted molar refractivity (Wildman–Crippen MR) is 135 cm³/mol. The van der Waals surface area contributed by atoms with Crippen LogP contribution in [0.5, 0.6) is 0 Å². The molecule has 0 fully saturated rings. The van der Waals surface area contributed by atoms with E-state index in [2.05, 4.69) is 4.98 Å². The molecule has 35 heavy (non-hydrogen) atoms. The maximum absolute atomic E-state index is 13.3. The molecule has 6 heteroatoms. The molecule has 5 aromatic rings. The zero-order valence-corrected chi connectivity index (χ0v) is 19.1. The van der Waals surface area contributed by atoms with Crippen molar-refractivity contribution >= 4 is 12.0 Å². The molecular weight excluding hydrogens is 436 g/mol. The Balaban J connectivity index is 1.45. The molecule has 0 N–H and O–H groups in total. The van der Waals surface area contributed by atoms with Gasteiger partial charge in [0.25, 0.3) is 0 Å². The van der Waals surface area contributed by atoms with Gasteiger partial charge in [0.15, 0.2) is 0 Å². The Hall–Kier alpha value is -4.71. The number of rotatable bonds is 8. The van der Waals surface area contributed by atoms with Gasteiger partial charge < -0.3 is 9.32 Å². The molecule has 0 aliphatic rings. The molecule has 0 spiro atoms. The number of hydrogen-bond acceptors (Lipinski definition) is 4. The summed E-state index contributed by atoms with van der Waals surface area (Å²) >= 11 is 0. The van der Waals surface area contributed by atoms with Crippen molar-refractivity contribution in [2.75, 3.05) is 0 Å². The highest BCUT2D eigenvalue weighted by Gasteiger charge is 2.15. The molecule has 2 aromatic carbocycles. The zero-order valence-electron chi connectivity index (χ0n) is 19.1. The van der Waals surface area contributed by atoms with Crippen LogP contribution in [0.2, 0.25) is 0 Å². The summed E-state index contributed by atoms with van der Waals surface area (Å²) in [6, 6.07) is 27.4. The molecule has 6 nitrogen and oxygen atoms in total. The molecule has 0 aliphatic carbocycles. The Labute approximate surface area is 203 Å². The average Bonchev–Trinajstić information content (AvgIpc) is 3.59. The van der Waals surface area contributed by atoms with Crippen molar-refractivity contribution in [2.45, 2.75) is 13.1 Å². The number of aromatic nitrogens is 3. The zero-order chi connectivity index (χ0) is 23.9. The van der Waals surface area contributed by atoms with Gasteiger partial charge in [-0.05, 0) is 42.0 Å². The van der Waals surface area contributed by atoms with Crippen LogP contribution in [0.25, 0.3) is 23.0 Å². The number of pyridine rings is 1. The molecule has 3 heterocycles. The Morgan fingerprint density at radius 3 is 2.43 bits per heavy atom. The van der Waals surface area contributed by atoms with E-state index in [0.717, 1.165) is 33.8 Å². The van der Waals surface area contributed by atoms with Crippen LogP contribution in [0.4, 0.5) is 0 Å². The van der Waals surface area contributed by atoms with Gasteiger partial charge in [-0.15, -0.1) is 0 Å². The highest BCUT2D eigenvalue weighted by molar-refractivity contribution is 5.92. The van der Waals surface area contributed by atoms with Gasteiger partial charge in [-0.2, -0.15) is 5.10 Å². The van der Waals surface area contributed by atoms with E-state index >= 15 is 0 Å². The Morgan fingerprint density at radius 2 is 1.71 bits per heavy atom. The van der Waals surface area contributed by atoms with Crippen molar-refractivity contribution in [1.82, 2.24) is 19.7 Å². The van der Waals surface area contributed by atoms with Gasteiger partial charge in [-0.1, -0.05) is 54.6 Å². The summed E-state index contributed by atoms with van der Waals surface area (Å²) < 4.78 is 7.33. The van der Waals surface area contributed by atoms with Crippen molar-refractivity contribution < 1.29 is 9.21 Å². The first-order valence-electron chi connectivity index (χ1n) is 11.3. The molecule has 5 rings (SSSR count). The third kappa shape index (κ3) is 5.45. The third-order valence-electron chi connectivity index (χ3n) is 5.55. The molecule has 0 atom stereocenters. The lowest BCUT2D eigenvalue weighted by molar-refractivity contribution is -0.127. The number of furan rings is 1. The molecule has 0 aliphatic heterocycles. The summed E-state index contributed by atoms with van der Waals surface area (Å²) in [5.74, 6) is 0.592. The number of carbonyl (C=O) groups is 1. The molecule has 0 saturated carbocycles. The predicted octanol–water partition coefficient (Wildman–Crippen LogP) is 5.77. The average molecular weight is 461 g/mol. The van der Waals surface area contributed by atoms with Crippen molar-refractivity contribution in [1.29, 1.82) is 0 Å². The topological polar surface area (TPSA) is 64.2 Å². The number of para-hydroxylation sites is 1. The van der Waals surface area contributed by atoms with E-state index in [9.17, 15) is 4.79 Å². The van der Waals surface area contributed by atoms with E-state index in [0.29, 0.717) is 13.1 Å². The van der Waals surface area contributed by atoms with Crippen LogP contribution < -0.4 is 0 Å². The minimum absolute atomic E-state index is 0.128. The molecular formula is C29H24N4O2. The first-order valence-corrected chi connectivity index (χ1v) is 11.3. The minimum atomic E-state index is -0.128. The van der Waals surface area contributed by atoms with Crippen LogP contribution in [-0.2, 0) is 17.9 Å². The second kappa shape index (κ2) is 10.5. The number of hydrogen-bond donors (Lipinski definition) is 0. The lowest BCUT2D eigenvalue weighted by Crippen LogP contribution is -2.28. The summed E-state index contributed by atoms with van der Waals surface area (Å²) in [7, 11) is 0. The summed E-state index contributed by atoms with van der Waals surface area (Å²) in [6.45, 7) is 0.784. The smallest absolute Gasteiger partial charge is 0.247 e. The lowest BCUT2D eigenvalue weighted by atomic mass is 10.1. The monoisotopic (exact) mass is 460 g/mol. The first kappa shape index (κ1) is 22.1. The summed E-state index contributed by atoms with van der Waals surface area (Å²) in [5.41, 5.74) is 4.54. The fourth-order valence-corrected chi connectivity index (χ4v) is 3.82. The molecule has 0 unspecified atom stereocenters. The van der Waals surface area contributed by atoms with E-state index in [4.69, 9.17) is 9.52 Å². The number of nitrogens with zero attached hydrogens (tertiary/aromatic N) is 4. The SMILES string of the molecule is O=C(/C=C/c1cn(-c2ccccc2)nc1-c1ccccc1)N(Cc1cccnc1)Cc1ccco1. The van der Waals surface area contributed by atoms with Crippen LogP contribution in [0.1, 0.15) is 16.9 Å². The maximum Gasteiger partial charge on any atom is 0.247 e. The molecule has 172 valence electrons. The van der Waals surface area contributed by atoms with Crippen LogP contribution >= 0.6 is 0 Å². The van der Waals surface area contributed by atoms with Crippen molar-refractivity contribution in [3.63, 3.8) is 0 Å². The Kier molecular flexibility index (Phi) is 6.62. The van der Waals surface area contributed by atoms with E-state index < -0.39 is 0 Å². The molecule has 0 bridgehead atoms. The van der Waals surface area contributed by atoms with Gasteiger partial charge in [0, 0.05) is 42.3 Å². The van der Waals surface area contributed by atoms with Crippen molar-refractivity contribution in [2.24, 2.45) is 0 Å². The van der Waals surface area contributed by atoms with E-state index in [-0.39, 0.29) is 5.91 Å². The van der Waals surface area contributed by atoms with E-state index in [1.807, 2.05) is 102 Å². The second-order valence-corrected chi connectivity index (χ2v) is 8.05. The fraction of sp³-hybridized carbons (Fsp3) is 0.0690. The second-order valence-electron chi connectivity index (χ2n) is 8.05. The quantitative estimate of drug-likeness (QED) is 0.276. The van der Waals surface area contributed by atoms with Gasteiger partial charge >= 0.3 is 0 Å². The Morgan fingerprint density at radius 1 is 0.914 bits per heavy atom. The van der Waals surface area contributed by atoms with Gasteiger partial charge in [-0.25, -0.2) is 4.68 Å². The van der Waals surface area contributed by atoms with Crippen molar-refractivity contribution in [3.8, 4) is 16.9 Å². The summed E-state index contributed by atoms with van der Waals surface area (Å²) in [4.78, 5) is 19.2. The van der Waals surface area contributed by atoms with Gasteiger partial charge in [-0.3, -0.25) is 9.78 Å². The number of amides is 1. The highest BCUT2D eigenvalue weighted by atomic mass is 16.3. The van der Waals surface area contributed by atoms with Crippen LogP contribution in [-0.4, -0.2) is 25.6 Å². The first-order chi connectivity index (χ1) is 17.3. The Bertz CT molecular complexity index is 1390. The number of carbonyl (C=O) groups excluding carboxylic acids is 1. The molecule has 0 saturated heterocycles. The number of benzene rings is 2. The summed E-state index contributed by atoms with van der Waals surface area (Å²) in [6.07, 6.45) is 10.5. The molecule has 1 amide bonds. The third-order valence-corrected chi connectivity index (χ3v) is 5.55. The van der Waals surface area contributed by atoms with Crippen molar-refractivity contribution in [3.05, 3.63) is 133 Å². The summed E-state index contributed by atoms with van der Waals surface area (Å²) in [5, 5.41) is 4.82.